The maximum Gasteiger partial charge on any atom is -0.0134 e. The smallest absolute Gasteiger partial charge is 0.0134 e. The summed E-state index contributed by atoms with van der Waals surface area (Å²) >= 11 is 0. The summed E-state index contributed by atoms with van der Waals surface area (Å²) < 4.78 is 0. The Balaban J connectivity index is 2.29. The quantitative estimate of drug-likeness (QED) is 0.605. The normalized spacial score (nSPS) is 27.8. The Kier molecular flexibility index (Phi) is 2.39. The molecule has 1 aliphatic rings. The third kappa shape index (κ3) is 1.63. The lowest BCUT2D eigenvalue weighted by atomic mass is 9.88. The second-order valence-electron chi connectivity index (χ2n) is 4.37. The van der Waals surface area contributed by atoms with Gasteiger partial charge in [-0.2, -0.15) is 0 Å². The van der Waals surface area contributed by atoms with Crippen LogP contribution in [0.4, 0.5) is 0 Å². The van der Waals surface area contributed by atoms with Crippen molar-refractivity contribution in [2.24, 2.45) is 5.92 Å². The molecular formula is C13H18. The monoisotopic (exact) mass is 174 g/mol. The Morgan fingerprint density at radius 2 is 1.92 bits per heavy atom. The van der Waals surface area contributed by atoms with Gasteiger partial charge in [-0.25, -0.2) is 0 Å². The van der Waals surface area contributed by atoms with Gasteiger partial charge in [-0.3, -0.25) is 0 Å². The van der Waals surface area contributed by atoms with E-state index in [-0.39, 0.29) is 0 Å². The SMILES string of the molecule is Cc1ccccc1C1CCCC1C. The van der Waals surface area contributed by atoms with E-state index in [1.165, 1.54) is 24.8 Å². The van der Waals surface area contributed by atoms with Crippen LogP contribution in [0.25, 0.3) is 0 Å². The molecule has 0 N–H and O–H groups in total. The Labute approximate surface area is 81.0 Å². The van der Waals surface area contributed by atoms with Gasteiger partial charge in [0.15, 0.2) is 0 Å². The van der Waals surface area contributed by atoms with Gasteiger partial charge in [-0.05, 0) is 36.3 Å². The van der Waals surface area contributed by atoms with Crippen LogP contribution in [0.1, 0.15) is 43.2 Å². The first-order valence-corrected chi connectivity index (χ1v) is 5.34. The first kappa shape index (κ1) is 8.80. The number of rotatable bonds is 1. The molecule has 1 aromatic carbocycles. The molecule has 2 rings (SSSR count). The molecule has 0 radical (unpaired) electrons. The number of hydrogen-bond donors (Lipinski definition) is 0. The lowest BCUT2D eigenvalue weighted by Gasteiger charge is -2.17. The molecule has 2 atom stereocenters. The standard InChI is InChI=1S/C13H18/c1-10-6-3-4-8-12(10)13-9-5-7-11(13)2/h3-4,6,8,11,13H,5,7,9H2,1-2H3. The number of benzene rings is 1. The molecule has 2 unspecified atom stereocenters. The van der Waals surface area contributed by atoms with Crippen molar-refractivity contribution in [2.75, 3.05) is 0 Å². The fourth-order valence-corrected chi connectivity index (χ4v) is 2.61. The summed E-state index contributed by atoms with van der Waals surface area (Å²) in [5, 5.41) is 0. The molecule has 0 nitrogen and oxygen atoms in total. The highest BCUT2D eigenvalue weighted by molar-refractivity contribution is 5.30. The van der Waals surface area contributed by atoms with E-state index in [0.29, 0.717) is 0 Å². The van der Waals surface area contributed by atoms with Gasteiger partial charge < -0.3 is 0 Å². The minimum absolute atomic E-state index is 0.834. The maximum absolute atomic E-state index is 2.39. The molecule has 0 saturated heterocycles. The van der Waals surface area contributed by atoms with Crippen LogP contribution in [0, 0.1) is 12.8 Å². The Morgan fingerprint density at radius 3 is 2.54 bits per heavy atom. The Bertz CT molecular complexity index is 288. The minimum atomic E-state index is 0.834. The fraction of sp³-hybridized carbons (Fsp3) is 0.538. The van der Waals surface area contributed by atoms with Gasteiger partial charge in [0, 0.05) is 0 Å². The Hall–Kier alpha value is -0.780. The highest BCUT2D eigenvalue weighted by Gasteiger charge is 2.25. The second kappa shape index (κ2) is 3.53. The molecule has 0 bridgehead atoms. The average molecular weight is 174 g/mol. The summed E-state index contributed by atoms with van der Waals surface area (Å²) in [5.74, 6) is 1.72. The van der Waals surface area contributed by atoms with E-state index in [9.17, 15) is 0 Å². The topological polar surface area (TPSA) is 0 Å². The lowest BCUT2D eigenvalue weighted by molar-refractivity contribution is 0.531. The molecule has 0 heterocycles. The summed E-state index contributed by atoms with van der Waals surface area (Å²) in [6, 6.07) is 8.86. The van der Waals surface area contributed by atoms with Crippen molar-refractivity contribution in [2.45, 2.75) is 39.0 Å². The van der Waals surface area contributed by atoms with E-state index in [0.717, 1.165) is 11.8 Å². The van der Waals surface area contributed by atoms with Crippen molar-refractivity contribution in [1.29, 1.82) is 0 Å². The molecule has 0 amide bonds. The van der Waals surface area contributed by atoms with Gasteiger partial charge >= 0.3 is 0 Å². The molecule has 0 spiro atoms. The molecule has 1 aliphatic carbocycles. The highest BCUT2D eigenvalue weighted by Crippen LogP contribution is 2.40. The molecule has 0 aromatic heterocycles. The molecular weight excluding hydrogens is 156 g/mol. The molecule has 0 heteroatoms. The zero-order valence-electron chi connectivity index (χ0n) is 8.59. The Morgan fingerprint density at radius 1 is 1.15 bits per heavy atom. The third-order valence-corrected chi connectivity index (χ3v) is 3.45. The van der Waals surface area contributed by atoms with Crippen molar-refractivity contribution in [3.63, 3.8) is 0 Å². The van der Waals surface area contributed by atoms with E-state index in [4.69, 9.17) is 0 Å². The van der Waals surface area contributed by atoms with Crippen LogP contribution in [-0.2, 0) is 0 Å². The van der Waals surface area contributed by atoms with Crippen molar-refractivity contribution < 1.29 is 0 Å². The molecule has 1 aromatic rings. The zero-order valence-corrected chi connectivity index (χ0v) is 8.59. The lowest BCUT2D eigenvalue weighted by Crippen LogP contribution is -2.03. The van der Waals surface area contributed by atoms with Crippen molar-refractivity contribution in [1.82, 2.24) is 0 Å². The summed E-state index contributed by atoms with van der Waals surface area (Å²) in [7, 11) is 0. The van der Waals surface area contributed by atoms with Crippen LogP contribution in [0.5, 0.6) is 0 Å². The van der Waals surface area contributed by atoms with Gasteiger partial charge in [0.1, 0.15) is 0 Å². The third-order valence-electron chi connectivity index (χ3n) is 3.45. The number of hydrogen-bond acceptors (Lipinski definition) is 0. The molecule has 13 heavy (non-hydrogen) atoms. The summed E-state index contributed by atoms with van der Waals surface area (Å²) in [6.45, 7) is 4.63. The highest BCUT2D eigenvalue weighted by atomic mass is 14.3. The van der Waals surface area contributed by atoms with E-state index in [1.54, 1.807) is 5.56 Å². The first-order chi connectivity index (χ1) is 6.29. The van der Waals surface area contributed by atoms with Crippen LogP contribution in [-0.4, -0.2) is 0 Å². The van der Waals surface area contributed by atoms with Crippen molar-refractivity contribution in [3.8, 4) is 0 Å². The largest absolute Gasteiger partial charge is 0.0620 e. The summed E-state index contributed by atoms with van der Waals surface area (Å²) in [4.78, 5) is 0. The first-order valence-electron chi connectivity index (χ1n) is 5.34. The average Bonchev–Trinajstić information content (AvgIpc) is 2.52. The van der Waals surface area contributed by atoms with Crippen LogP contribution in [0.2, 0.25) is 0 Å². The van der Waals surface area contributed by atoms with Crippen molar-refractivity contribution in [3.05, 3.63) is 35.4 Å². The maximum atomic E-state index is 2.39. The van der Waals surface area contributed by atoms with Crippen LogP contribution in [0.15, 0.2) is 24.3 Å². The van der Waals surface area contributed by atoms with Crippen LogP contribution < -0.4 is 0 Å². The fourth-order valence-electron chi connectivity index (χ4n) is 2.61. The van der Waals surface area contributed by atoms with Gasteiger partial charge in [-0.1, -0.05) is 44.0 Å². The predicted octanol–water partition coefficient (Wildman–Crippen LogP) is 3.90. The molecule has 70 valence electrons. The van der Waals surface area contributed by atoms with E-state index in [1.807, 2.05) is 0 Å². The minimum Gasteiger partial charge on any atom is -0.0620 e. The van der Waals surface area contributed by atoms with Gasteiger partial charge in [0.2, 0.25) is 0 Å². The van der Waals surface area contributed by atoms with Crippen LogP contribution >= 0.6 is 0 Å². The second-order valence-corrected chi connectivity index (χ2v) is 4.37. The molecule has 1 saturated carbocycles. The van der Waals surface area contributed by atoms with Gasteiger partial charge in [0.05, 0.1) is 0 Å². The van der Waals surface area contributed by atoms with Gasteiger partial charge in [0.25, 0.3) is 0 Å². The van der Waals surface area contributed by atoms with Crippen molar-refractivity contribution >= 4 is 0 Å². The summed E-state index contributed by atoms with van der Waals surface area (Å²) in [6.07, 6.45) is 4.23. The molecule has 1 fully saturated rings. The van der Waals surface area contributed by atoms with E-state index < -0.39 is 0 Å². The van der Waals surface area contributed by atoms with Crippen LogP contribution in [0.3, 0.4) is 0 Å². The van der Waals surface area contributed by atoms with Gasteiger partial charge in [-0.15, -0.1) is 0 Å². The number of aryl methyl sites for hydroxylation is 1. The molecule has 0 aliphatic heterocycles. The van der Waals surface area contributed by atoms with E-state index in [2.05, 4.69) is 38.1 Å². The zero-order chi connectivity index (χ0) is 9.26. The summed E-state index contributed by atoms with van der Waals surface area (Å²) in [5.41, 5.74) is 3.06. The predicted molar refractivity (Wildman–Crippen MR) is 56.9 cm³/mol. The van der Waals surface area contributed by atoms with E-state index >= 15 is 0 Å².